The van der Waals surface area contributed by atoms with Crippen LogP contribution in [0.1, 0.15) is 29.9 Å². The fraction of sp³-hybridized carbons (Fsp3) is 0.409. The van der Waals surface area contributed by atoms with Crippen molar-refractivity contribution in [1.82, 2.24) is 10.6 Å². The first-order valence-electron chi connectivity index (χ1n) is 10.1. The van der Waals surface area contributed by atoms with Gasteiger partial charge in [0.05, 0.1) is 16.5 Å². The summed E-state index contributed by atoms with van der Waals surface area (Å²) in [5, 5.41) is 6.03. The Morgan fingerprint density at radius 1 is 1.03 bits per heavy atom. The molecule has 0 radical (unpaired) electrons. The molecule has 7 heteroatoms. The van der Waals surface area contributed by atoms with Crippen LogP contribution in [0.4, 0.5) is 4.79 Å². The fourth-order valence-corrected chi connectivity index (χ4v) is 7.40. The van der Waals surface area contributed by atoms with Crippen LogP contribution in [0.3, 0.4) is 0 Å². The summed E-state index contributed by atoms with van der Waals surface area (Å²) in [7, 11) is -3.16. The number of sulfone groups is 1. The van der Waals surface area contributed by atoms with Crippen LogP contribution >= 0.6 is 0 Å². The predicted octanol–water partition coefficient (Wildman–Crippen LogP) is 2.44. The van der Waals surface area contributed by atoms with Gasteiger partial charge in [-0.2, -0.15) is 0 Å². The van der Waals surface area contributed by atoms with E-state index < -0.39 is 20.7 Å². The molecule has 2 heterocycles. The van der Waals surface area contributed by atoms with Gasteiger partial charge in [0.1, 0.15) is 6.61 Å². The summed E-state index contributed by atoms with van der Waals surface area (Å²) in [6, 6.07) is 16.0. The van der Waals surface area contributed by atoms with Crippen LogP contribution in [0.5, 0.6) is 0 Å². The zero-order valence-corrected chi connectivity index (χ0v) is 16.9. The topological polar surface area (TPSA) is 84.5 Å². The Labute approximate surface area is 170 Å². The molecule has 6 nitrogen and oxygen atoms in total. The molecule has 0 saturated carbocycles. The van der Waals surface area contributed by atoms with Crippen molar-refractivity contribution in [2.75, 3.05) is 25.4 Å². The van der Waals surface area contributed by atoms with Crippen molar-refractivity contribution in [1.29, 1.82) is 0 Å². The van der Waals surface area contributed by atoms with Crippen LogP contribution in [0.2, 0.25) is 0 Å². The summed E-state index contributed by atoms with van der Waals surface area (Å²) >= 11 is 0. The Kier molecular flexibility index (Phi) is 4.40. The second-order valence-corrected chi connectivity index (χ2v) is 10.5. The first-order valence-corrected chi connectivity index (χ1v) is 11.7. The van der Waals surface area contributed by atoms with Gasteiger partial charge in [0.15, 0.2) is 9.84 Å². The van der Waals surface area contributed by atoms with Crippen molar-refractivity contribution in [3.05, 3.63) is 59.7 Å². The van der Waals surface area contributed by atoms with Crippen molar-refractivity contribution in [2.24, 2.45) is 0 Å². The molecule has 2 aromatic carbocycles. The zero-order chi connectivity index (χ0) is 20.1. The minimum atomic E-state index is -3.16. The van der Waals surface area contributed by atoms with E-state index in [1.165, 1.54) is 11.1 Å². The van der Waals surface area contributed by atoms with E-state index in [0.29, 0.717) is 25.9 Å². The van der Waals surface area contributed by atoms with E-state index in [4.69, 9.17) is 4.74 Å². The first-order chi connectivity index (χ1) is 14.0. The summed E-state index contributed by atoms with van der Waals surface area (Å²) in [5.74, 6) is -0.0110. The van der Waals surface area contributed by atoms with Crippen molar-refractivity contribution >= 4 is 15.9 Å². The molecule has 2 aliphatic heterocycles. The van der Waals surface area contributed by atoms with Crippen molar-refractivity contribution < 1.29 is 17.9 Å². The van der Waals surface area contributed by atoms with Gasteiger partial charge in [0.2, 0.25) is 0 Å². The molecular formula is C22H24N2O4S. The Morgan fingerprint density at radius 2 is 1.62 bits per heavy atom. The molecule has 2 N–H and O–H groups in total. The van der Waals surface area contributed by atoms with Gasteiger partial charge in [-0.15, -0.1) is 0 Å². The standard InChI is InChI=1S/C22H24N2O4S/c25-21(24-20-14-29(26,27)22(20)9-11-23-12-10-22)28-13-19-17-7-3-1-5-15(17)16-6-2-4-8-18(16)19/h1-8,19-20,23H,9-14H2,(H,24,25). The highest BCUT2D eigenvalue weighted by molar-refractivity contribution is 7.94. The number of amides is 1. The Hall–Kier alpha value is -2.38. The van der Waals surface area contributed by atoms with Crippen LogP contribution in [-0.4, -0.2) is 50.7 Å². The Balaban J connectivity index is 1.28. The molecule has 2 fully saturated rings. The van der Waals surface area contributed by atoms with Crippen LogP contribution < -0.4 is 10.6 Å². The second-order valence-electron chi connectivity index (χ2n) is 8.12. The molecule has 3 aliphatic rings. The van der Waals surface area contributed by atoms with E-state index in [-0.39, 0.29) is 24.3 Å². The Bertz CT molecular complexity index is 1010. The summed E-state index contributed by atoms with van der Waals surface area (Å²) < 4.78 is 29.6. The van der Waals surface area contributed by atoms with E-state index in [1.807, 2.05) is 24.3 Å². The number of carbonyl (C=O) groups is 1. The van der Waals surface area contributed by atoms with Gasteiger partial charge >= 0.3 is 6.09 Å². The monoisotopic (exact) mass is 412 g/mol. The molecule has 1 amide bonds. The molecule has 0 bridgehead atoms. The van der Waals surface area contributed by atoms with E-state index >= 15 is 0 Å². The number of fused-ring (bicyclic) bond motifs is 3. The highest BCUT2D eigenvalue weighted by atomic mass is 32.2. The van der Waals surface area contributed by atoms with Gasteiger partial charge in [-0.1, -0.05) is 48.5 Å². The number of piperidine rings is 1. The van der Waals surface area contributed by atoms with E-state index in [2.05, 4.69) is 34.9 Å². The molecular weight excluding hydrogens is 388 g/mol. The molecule has 1 unspecified atom stereocenters. The number of alkyl carbamates (subject to hydrolysis) is 1. The molecule has 5 rings (SSSR count). The molecule has 1 atom stereocenters. The highest BCUT2D eigenvalue weighted by Crippen LogP contribution is 2.45. The van der Waals surface area contributed by atoms with Crippen LogP contribution in [0, 0.1) is 0 Å². The lowest BCUT2D eigenvalue weighted by atomic mass is 9.89. The van der Waals surface area contributed by atoms with Gasteiger partial charge in [0, 0.05) is 5.92 Å². The minimum Gasteiger partial charge on any atom is -0.449 e. The lowest BCUT2D eigenvalue weighted by Crippen LogP contribution is -2.72. The maximum atomic E-state index is 12.5. The number of hydrogen-bond acceptors (Lipinski definition) is 5. The van der Waals surface area contributed by atoms with Crippen molar-refractivity contribution in [2.45, 2.75) is 29.5 Å². The van der Waals surface area contributed by atoms with Gasteiger partial charge < -0.3 is 15.4 Å². The SMILES string of the molecule is O=C(NC1CS(=O)(=O)C12CCNCC2)OCC1c2ccccc2-c2ccccc21. The molecule has 2 saturated heterocycles. The van der Waals surface area contributed by atoms with Gasteiger partial charge in [-0.3, -0.25) is 0 Å². The molecule has 29 heavy (non-hydrogen) atoms. The summed E-state index contributed by atoms with van der Waals surface area (Å²) in [6.45, 7) is 1.54. The van der Waals surface area contributed by atoms with E-state index in [9.17, 15) is 13.2 Å². The summed E-state index contributed by atoms with van der Waals surface area (Å²) in [4.78, 5) is 12.5. The van der Waals surface area contributed by atoms with E-state index in [0.717, 1.165) is 11.1 Å². The molecule has 0 aromatic heterocycles. The maximum absolute atomic E-state index is 12.5. The smallest absolute Gasteiger partial charge is 0.407 e. The van der Waals surface area contributed by atoms with Crippen LogP contribution in [0.15, 0.2) is 48.5 Å². The van der Waals surface area contributed by atoms with Crippen LogP contribution in [-0.2, 0) is 14.6 Å². The van der Waals surface area contributed by atoms with Gasteiger partial charge in [-0.05, 0) is 48.2 Å². The number of nitrogens with one attached hydrogen (secondary N) is 2. The molecule has 2 aromatic rings. The largest absolute Gasteiger partial charge is 0.449 e. The highest BCUT2D eigenvalue weighted by Gasteiger charge is 2.60. The number of carbonyl (C=O) groups excluding carboxylic acids is 1. The minimum absolute atomic E-state index is 0.00278. The van der Waals surface area contributed by atoms with Gasteiger partial charge in [0.25, 0.3) is 0 Å². The number of hydrogen-bond donors (Lipinski definition) is 2. The molecule has 1 spiro atoms. The lowest BCUT2D eigenvalue weighted by molar-refractivity contribution is 0.133. The quantitative estimate of drug-likeness (QED) is 0.809. The predicted molar refractivity (Wildman–Crippen MR) is 111 cm³/mol. The van der Waals surface area contributed by atoms with Gasteiger partial charge in [-0.25, -0.2) is 13.2 Å². The number of ether oxygens (including phenoxy) is 1. The van der Waals surface area contributed by atoms with Crippen molar-refractivity contribution in [3.8, 4) is 11.1 Å². The average Bonchev–Trinajstić information content (AvgIpc) is 3.06. The average molecular weight is 413 g/mol. The Morgan fingerprint density at radius 3 is 2.21 bits per heavy atom. The van der Waals surface area contributed by atoms with E-state index in [1.54, 1.807) is 0 Å². The van der Waals surface area contributed by atoms with Crippen molar-refractivity contribution in [3.63, 3.8) is 0 Å². The fourth-order valence-electron chi connectivity index (χ4n) is 5.12. The summed E-state index contributed by atoms with van der Waals surface area (Å²) in [5.41, 5.74) is 4.66. The second kappa shape index (κ2) is 6.85. The normalized spacial score (nSPS) is 23.7. The summed E-state index contributed by atoms with van der Waals surface area (Å²) in [6.07, 6.45) is 0.525. The molecule has 1 aliphatic carbocycles. The third-order valence-electron chi connectivity index (χ3n) is 6.73. The third-order valence-corrected chi connectivity index (χ3v) is 9.43. The number of benzene rings is 2. The third kappa shape index (κ3) is 2.87. The molecule has 152 valence electrons. The zero-order valence-electron chi connectivity index (χ0n) is 16.1. The van der Waals surface area contributed by atoms with Crippen LogP contribution in [0.25, 0.3) is 11.1 Å². The maximum Gasteiger partial charge on any atom is 0.407 e. The lowest BCUT2D eigenvalue weighted by Gasteiger charge is -2.50. The number of rotatable bonds is 3. The first kappa shape index (κ1) is 18.6.